The van der Waals surface area contributed by atoms with Crippen LogP contribution in [0.1, 0.15) is 27.1 Å². The molecule has 0 saturated carbocycles. The predicted octanol–water partition coefficient (Wildman–Crippen LogP) is 0.748. The lowest BCUT2D eigenvalue weighted by molar-refractivity contribution is -0.135. The third-order valence-electron chi connectivity index (χ3n) is 1.88. The molecule has 0 bridgehead atoms. The zero-order chi connectivity index (χ0) is 12.3. The number of ketones is 1. The number of aliphatic carboxylic acids is 1. The number of carbonyl (C=O) groups excluding carboxylic acids is 1. The molecule has 0 atom stereocenters. The van der Waals surface area contributed by atoms with E-state index in [0.29, 0.717) is 0 Å². The molecular weight excluding hydrogens is 216 g/mol. The summed E-state index contributed by atoms with van der Waals surface area (Å²) in [5.41, 5.74) is -0.737. The van der Waals surface area contributed by atoms with Gasteiger partial charge in [-0.15, -0.1) is 0 Å². The molecule has 1 rings (SSSR count). The summed E-state index contributed by atoms with van der Waals surface area (Å²) in [4.78, 5) is 32.2. The molecule has 0 aromatic heterocycles. The number of benzene rings is 1. The summed E-state index contributed by atoms with van der Waals surface area (Å²) in [5, 5.41) is 26.5. The van der Waals surface area contributed by atoms with Gasteiger partial charge in [-0.3, -0.25) is 9.59 Å². The fourth-order valence-electron chi connectivity index (χ4n) is 1.17. The third-order valence-corrected chi connectivity index (χ3v) is 1.88. The normalized spacial score (nSPS) is 9.75. The first-order valence-electron chi connectivity index (χ1n) is 4.23. The van der Waals surface area contributed by atoms with Crippen LogP contribution in [0.3, 0.4) is 0 Å². The Labute approximate surface area is 89.8 Å². The van der Waals surface area contributed by atoms with E-state index >= 15 is 0 Å². The van der Waals surface area contributed by atoms with Crippen LogP contribution in [0.5, 0.6) is 5.75 Å². The Bertz CT molecular complexity index is 462. The third kappa shape index (κ3) is 2.35. The van der Waals surface area contributed by atoms with Gasteiger partial charge in [0.15, 0.2) is 5.78 Å². The summed E-state index contributed by atoms with van der Waals surface area (Å²) in [6.45, 7) is 0. The van der Waals surface area contributed by atoms with Crippen LogP contribution in [0.15, 0.2) is 18.2 Å². The maximum atomic E-state index is 11.3. The second-order valence-corrected chi connectivity index (χ2v) is 3.00. The van der Waals surface area contributed by atoms with Crippen LogP contribution in [0.25, 0.3) is 0 Å². The Morgan fingerprint density at radius 3 is 2.12 bits per heavy atom. The molecule has 1 aromatic carbocycles. The molecule has 6 heteroatoms. The molecular formula is C10H8O6. The van der Waals surface area contributed by atoms with Crippen molar-refractivity contribution in [1.29, 1.82) is 0 Å². The predicted molar refractivity (Wildman–Crippen MR) is 51.6 cm³/mol. The maximum Gasteiger partial charge on any atom is 0.339 e. The van der Waals surface area contributed by atoms with Gasteiger partial charge in [0.1, 0.15) is 17.7 Å². The smallest absolute Gasteiger partial charge is 0.339 e. The Morgan fingerprint density at radius 1 is 1.06 bits per heavy atom. The van der Waals surface area contributed by atoms with E-state index in [2.05, 4.69) is 0 Å². The molecule has 0 aliphatic rings. The highest BCUT2D eigenvalue weighted by atomic mass is 16.4. The van der Waals surface area contributed by atoms with Crippen molar-refractivity contribution in [2.75, 3.05) is 0 Å². The van der Waals surface area contributed by atoms with Gasteiger partial charge in [-0.2, -0.15) is 0 Å². The van der Waals surface area contributed by atoms with Crippen molar-refractivity contribution in [1.82, 2.24) is 0 Å². The number of Topliss-reactive ketones (excluding diaryl/α,β-unsaturated/α-hetero) is 1. The van der Waals surface area contributed by atoms with E-state index in [1.54, 1.807) is 0 Å². The van der Waals surface area contributed by atoms with Gasteiger partial charge >= 0.3 is 11.9 Å². The number of aromatic carboxylic acids is 1. The number of hydrogen-bond donors (Lipinski definition) is 3. The summed E-state index contributed by atoms with van der Waals surface area (Å²) in [7, 11) is 0. The van der Waals surface area contributed by atoms with Gasteiger partial charge in [0.25, 0.3) is 0 Å². The number of carboxylic acids is 2. The molecule has 0 unspecified atom stereocenters. The van der Waals surface area contributed by atoms with Crippen molar-refractivity contribution in [3.05, 3.63) is 29.3 Å². The highest BCUT2D eigenvalue weighted by molar-refractivity contribution is 6.08. The minimum absolute atomic E-state index is 0.303. The quantitative estimate of drug-likeness (QED) is 0.513. The van der Waals surface area contributed by atoms with E-state index in [0.717, 1.165) is 6.07 Å². The molecule has 3 N–H and O–H groups in total. The van der Waals surface area contributed by atoms with Crippen LogP contribution in [-0.4, -0.2) is 33.0 Å². The van der Waals surface area contributed by atoms with E-state index in [4.69, 9.17) is 10.2 Å². The van der Waals surface area contributed by atoms with Crippen molar-refractivity contribution in [2.45, 2.75) is 6.42 Å². The lowest BCUT2D eigenvalue weighted by Gasteiger charge is -2.04. The van der Waals surface area contributed by atoms with Crippen molar-refractivity contribution >= 4 is 17.7 Å². The molecule has 16 heavy (non-hydrogen) atoms. The fourth-order valence-corrected chi connectivity index (χ4v) is 1.17. The van der Waals surface area contributed by atoms with Crippen LogP contribution < -0.4 is 0 Å². The number of carboxylic acid groups (broad SMARTS) is 2. The minimum Gasteiger partial charge on any atom is -0.506 e. The van der Waals surface area contributed by atoms with Gasteiger partial charge in [0, 0.05) is 0 Å². The van der Waals surface area contributed by atoms with Crippen molar-refractivity contribution in [2.24, 2.45) is 0 Å². The van der Waals surface area contributed by atoms with Crippen LogP contribution >= 0.6 is 0 Å². The number of carbonyl (C=O) groups is 3. The topological polar surface area (TPSA) is 112 Å². The van der Waals surface area contributed by atoms with E-state index < -0.39 is 35.5 Å². The summed E-state index contributed by atoms with van der Waals surface area (Å²) in [5.74, 6) is -4.28. The van der Waals surface area contributed by atoms with Gasteiger partial charge in [-0.1, -0.05) is 6.07 Å². The summed E-state index contributed by atoms with van der Waals surface area (Å²) >= 11 is 0. The largest absolute Gasteiger partial charge is 0.506 e. The molecule has 0 amide bonds. The van der Waals surface area contributed by atoms with Crippen LogP contribution in [0, 0.1) is 0 Å². The average molecular weight is 224 g/mol. The highest BCUT2D eigenvalue weighted by Crippen LogP contribution is 2.23. The number of aromatic hydroxyl groups is 1. The number of rotatable bonds is 4. The number of para-hydroxylation sites is 1. The summed E-state index contributed by atoms with van der Waals surface area (Å²) in [6.07, 6.45) is -0.795. The van der Waals surface area contributed by atoms with Gasteiger partial charge < -0.3 is 15.3 Å². The lowest BCUT2D eigenvalue weighted by atomic mass is 10.0. The summed E-state index contributed by atoms with van der Waals surface area (Å²) in [6, 6.07) is 3.56. The zero-order valence-corrected chi connectivity index (χ0v) is 8.01. The Kier molecular flexibility index (Phi) is 3.24. The van der Waals surface area contributed by atoms with Crippen LogP contribution in [0.4, 0.5) is 0 Å². The first-order valence-corrected chi connectivity index (χ1v) is 4.23. The Hall–Kier alpha value is -2.37. The molecule has 0 aliphatic carbocycles. The minimum atomic E-state index is -1.39. The van der Waals surface area contributed by atoms with Crippen molar-refractivity contribution < 1.29 is 29.7 Å². The zero-order valence-electron chi connectivity index (χ0n) is 8.01. The molecule has 0 heterocycles. The van der Waals surface area contributed by atoms with Crippen molar-refractivity contribution in [3.63, 3.8) is 0 Å². The molecule has 6 nitrogen and oxygen atoms in total. The van der Waals surface area contributed by atoms with Crippen LogP contribution in [0.2, 0.25) is 0 Å². The summed E-state index contributed by atoms with van der Waals surface area (Å²) < 4.78 is 0. The number of hydrogen-bond acceptors (Lipinski definition) is 4. The van der Waals surface area contributed by atoms with E-state index in [1.165, 1.54) is 12.1 Å². The second kappa shape index (κ2) is 4.43. The van der Waals surface area contributed by atoms with Gasteiger partial charge in [-0.05, 0) is 12.1 Å². The van der Waals surface area contributed by atoms with Crippen molar-refractivity contribution in [3.8, 4) is 5.75 Å². The Morgan fingerprint density at radius 2 is 1.62 bits per heavy atom. The Balaban J connectivity index is 3.15. The second-order valence-electron chi connectivity index (χ2n) is 3.00. The lowest BCUT2D eigenvalue weighted by Crippen LogP contribution is -2.09. The van der Waals surface area contributed by atoms with E-state index in [-0.39, 0.29) is 5.56 Å². The van der Waals surface area contributed by atoms with E-state index in [1.807, 2.05) is 0 Å². The SMILES string of the molecule is O=C(O)CC(=O)c1cccc(C(=O)O)c1O. The van der Waals surface area contributed by atoms with Gasteiger partial charge in [0.2, 0.25) is 0 Å². The molecule has 0 aliphatic heterocycles. The number of phenols is 1. The molecule has 1 aromatic rings. The average Bonchev–Trinajstić information content (AvgIpc) is 2.16. The highest BCUT2D eigenvalue weighted by Gasteiger charge is 2.19. The van der Waals surface area contributed by atoms with E-state index in [9.17, 15) is 19.5 Å². The first-order chi connectivity index (χ1) is 7.43. The maximum absolute atomic E-state index is 11.3. The molecule has 0 spiro atoms. The van der Waals surface area contributed by atoms with Crippen LogP contribution in [-0.2, 0) is 4.79 Å². The molecule has 84 valence electrons. The fraction of sp³-hybridized carbons (Fsp3) is 0.100. The molecule has 0 radical (unpaired) electrons. The van der Waals surface area contributed by atoms with Gasteiger partial charge in [0.05, 0.1) is 5.56 Å². The molecule has 0 fully saturated rings. The first kappa shape index (κ1) is 11.7. The monoisotopic (exact) mass is 224 g/mol. The standard InChI is InChI=1S/C10H8O6/c11-7(4-8(12)13)5-2-1-3-6(9(5)14)10(15)16/h1-3,14H,4H2,(H,12,13)(H,15,16). The molecule has 0 saturated heterocycles. The van der Waals surface area contributed by atoms with Gasteiger partial charge in [-0.25, -0.2) is 4.79 Å².